The van der Waals surface area contributed by atoms with Crippen LogP contribution in [0.25, 0.3) is 0 Å². The minimum Gasteiger partial charge on any atom is -0.497 e. The number of piperazine rings is 1. The number of ether oxygens (including phenoxy) is 1. The van der Waals surface area contributed by atoms with Crippen LogP contribution in [0, 0.1) is 6.92 Å². The summed E-state index contributed by atoms with van der Waals surface area (Å²) >= 11 is 1.63. The zero-order valence-corrected chi connectivity index (χ0v) is 17.6. The van der Waals surface area contributed by atoms with Crippen molar-refractivity contribution in [2.45, 2.75) is 31.8 Å². The molecule has 7 nitrogen and oxygen atoms in total. The number of hydrogen-bond donors (Lipinski definition) is 1. The van der Waals surface area contributed by atoms with Crippen molar-refractivity contribution in [3.63, 3.8) is 0 Å². The van der Waals surface area contributed by atoms with E-state index in [4.69, 9.17) is 4.74 Å². The number of carbonyl (C=O) groups excluding carboxylic acids is 2. The molecule has 1 spiro atoms. The van der Waals surface area contributed by atoms with E-state index in [9.17, 15) is 9.59 Å². The number of carbonyl (C=O) groups is 2. The Kier molecular flexibility index (Phi) is 5.56. The third-order valence-corrected chi connectivity index (χ3v) is 6.73. The van der Waals surface area contributed by atoms with Crippen LogP contribution in [0.3, 0.4) is 0 Å². The smallest absolute Gasteiger partial charge is 0.253 e. The second-order valence-electron chi connectivity index (χ2n) is 7.59. The van der Waals surface area contributed by atoms with Crippen LogP contribution < -0.4 is 10.1 Å². The van der Waals surface area contributed by atoms with Gasteiger partial charge in [-0.25, -0.2) is 4.98 Å². The molecule has 3 heterocycles. The van der Waals surface area contributed by atoms with Crippen molar-refractivity contribution in [2.75, 3.05) is 33.3 Å². The zero-order valence-electron chi connectivity index (χ0n) is 16.8. The lowest BCUT2D eigenvalue weighted by atomic mass is 9.82. The molecule has 154 valence electrons. The number of hydrogen-bond acceptors (Lipinski definition) is 6. The molecule has 2 aliphatic rings. The molecule has 2 fully saturated rings. The first kappa shape index (κ1) is 19.8. The van der Waals surface area contributed by atoms with Crippen LogP contribution >= 0.6 is 11.3 Å². The van der Waals surface area contributed by atoms with Crippen molar-refractivity contribution in [3.05, 3.63) is 45.9 Å². The first-order valence-corrected chi connectivity index (χ1v) is 10.8. The Labute approximate surface area is 174 Å². The molecule has 4 rings (SSSR count). The summed E-state index contributed by atoms with van der Waals surface area (Å²) in [5.74, 6) is 0.724. The van der Waals surface area contributed by atoms with E-state index in [1.54, 1.807) is 30.6 Å². The highest BCUT2D eigenvalue weighted by Crippen LogP contribution is 2.33. The van der Waals surface area contributed by atoms with Gasteiger partial charge in [-0.15, -0.1) is 11.3 Å². The highest BCUT2D eigenvalue weighted by Gasteiger charge is 2.48. The highest BCUT2D eigenvalue weighted by atomic mass is 32.1. The number of thiazole rings is 1. The number of methoxy groups -OCH3 is 1. The molecule has 29 heavy (non-hydrogen) atoms. The lowest BCUT2D eigenvalue weighted by molar-refractivity contribution is -0.141. The maximum Gasteiger partial charge on any atom is 0.253 e. The lowest BCUT2D eigenvalue weighted by Gasteiger charge is -2.49. The van der Waals surface area contributed by atoms with E-state index in [0.29, 0.717) is 50.3 Å². The summed E-state index contributed by atoms with van der Waals surface area (Å²) in [6.45, 7) is 5.21. The van der Waals surface area contributed by atoms with E-state index >= 15 is 0 Å². The molecular formula is C21H26N4O3S. The van der Waals surface area contributed by atoms with Crippen molar-refractivity contribution >= 4 is 23.2 Å². The Morgan fingerprint density at radius 3 is 2.79 bits per heavy atom. The number of aryl methyl sites for hydroxylation is 1. The maximum atomic E-state index is 12.9. The number of nitrogens with one attached hydrogen (secondary N) is 1. The minimum atomic E-state index is -0.569. The average molecular weight is 415 g/mol. The molecule has 1 aromatic carbocycles. The van der Waals surface area contributed by atoms with E-state index < -0.39 is 5.54 Å². The van der Waals surface area contributed by atoms with Crippen molar-refractivity contribution in [3.8, 4) is 5.75 Å². The van der Waals surface area contributed by atoms with E-state index in [1.165, 1.54) is 0 Å². The van der Waals surface area contributed by atoms with Gasteiger partial charge in [-0.2, -0.15) is 0 Å². The molecule has 8 heteroatoms. The number of aromatic nitrogens is 1. The van der Waals surface area contributed by atoms with Crippen molar-refractivity contribution < 1.29 is 14.3 Å². The largest absolute Gasteiger partial charge is 0.497 e. The van der Waals surface area contributed by atoms with Gasteiger partial charge in [0.1, 0.15) is 11.3 Å². The topological polar surface area (TPSA) is 74.8 Å². The Balaban J connectivity index is 1.48. The first-order chi connectivity index (χ1) is 14.0. The van der Waals surface area contributed by atoms with Gasteiger partial charge in [-0.1, -0.05) is 6.07 Å². The molecule has 0 atom stereocenters. The number of amides is 2. The summed E-state index contributed by atoms with van der Waals surface area (Å²) in [5, 5.41) is 6.14. The van der Waals surface area contributed by atoms with E-state index in [1.807, 2.05) is 24.0 Å². The molecule has 0 unspecified atom stereocenters. The lowest BCUT2D eigenvalue weighted by Crippen LogP contribution is -2.67. The van der Waals surface area contributed by atoms with Crippen LogP contribution in [0.5, 0.6) is 5.75 Å². The van der Waals surface area contributed by atoms with E-state index in [0.717, 1.165) is 17.2 Å². The van der Waals surface area contributed by atoms with Gasteiger partial charge in [0, 0.05) is 43.7 Å². The third-order valence-electron chi connectivity index (χ3n) is 5.91. The molecule has 0 radical (unpaired) electrons. The van der Waals surface area contributed by atoms with Crippen LogP contribution in [-0.2, 0) is 11.3 Å². The second-order valence-corrected chi connectivity index (χ2v) is 8.65. The molecular weight excluding hydrogens is 388 g/mol. The Hall–Kier alpha value is -2.45. The van der Waals surface area contributed by atoms with Gasteiger partial charge < -0.3 is 15.0 Å². The molecule has 0 bridgehead atoms. The monoisotopic (exact) mass is 414 g/mol. The summed E-state index contributed by atoms with van der Waals surface area (Å²) in [5.41, 5.74) is 1.06. The summed E-state index contributed by atoms with van der Waals surface area (Å²) in [4.78, 5) is 34.5. The van der Waals surface area contributed by atoms with Crippen LogP contribution in [0.4, 0.5) is 0 Å². The predicted molar refractivity (Wildman–Crippen MR) is 111 cm³/mol. The summed E-state index contributed by atoms with van der Waals surface area (Å²) in [6.07, 6.45) is 1.25. The van der Waals surface area contributed by atoms with Gasteiger partial charge in [0.15, 0.2) is 0 Å². The number of likely N-dealkylation sites (tertiary alicyclic amines) is 1. The summed E-state index contributed by atoms with van der Waals surface area (Å²) < 4.78 is 5.23. The predicted octanol–water partition coefficient (Wildman–Crippen LogP) is 2.07. The normalized spacial score (nSPS) is 19.2. The van der Waals surface area contributed by atoms with Crippen LogP contribution in [0.15, 0.2) is 29.6 Å². The second kappa shape index (κ2) is 8.12. The fourth-order valence-electron chi connectivity index (χ4n) is 4.30. The fourth-order valence-corrected chi connectivity index (χ4v) is 4.90. The number of rotatable bonds is 4. The molecule has 1 N–H and O–H groups in total. The minimum absolute atomic E-state index is 0.0170. The van der Waals surface area contributed by atoms with Crippen LogP contribution in [0.2, 0.25) is 0 Å². The SMILES string of the molecule is COc1cccc(C(=O)N2CCC3(CC2)C(=O)NCCN3Cc2csc(C)n2)c1. The van der Waals surface area contributed by atoms with Gasteiger partial charge >= 0.3 is 0 Å². The van der Waals surface area contributed by atoms with Gasteiger partial charge in [0.25, 0.3) is 5.91 Å². The average Bonchev–Trinajstić information content (AvgIpc) is 3.16. The first-order valence-electron chi connectivity index (χ1n) is 9.89. The maximum absolute atomic E-state index is 12.9. The fraction of sp³-hybridized carbons (Fsp3) is 0.476. The molecule has 2 aromatic rings. The zero-order chi connectivity index (χ0) is 20.4. The molecule has 1 aromatic heterocycles. The number of nitrogens with zero attached hydrogens (tertiary/aromatic N) is 3. The molecule has 0 aliphatic carbocycles. The van der Waals surface area contributed by atoms with Crippen LogP contribution in [-0.4, -0.2) is 65.4 Å². The van der Waals surface area contributed by atoms with Gasteiger partial charge in [0.05, 0.1) is 17.8 Å². The van der Waals surface area contributed by atoms with Crippen molar-refractivity contribution in [1.82, 2.24) is 20.1 Å². The van der Waals surface area contributed by atoms with Crippen LogP contribution in [0.1, 0.15) is 33.9 Å². The highest BCUT2D eigenvalue weighted by molar-refractivity contribution is 7.09. The third kappa shape index (κ3) is 3.86. The summed E-state index contributed by atoms with van der Waals surface area (Å²) in [7, 11) is 1.59. The van der Waals surface area contributed by atoms with Gasteiger partial charge in [0.2, 0.25) is 5.91 Å². The Morgan fingerprint density at radius 1 is 1.31 bits per heavy atom. The Morgan fingerprint density at radius 2 is 2.10 bits per heavy atom. The van der Waals surface area contributed by atoms with Crippen molar-refractivity contribution in [2.24, 2.45) is 0 Å². The molecule has 2 amide bonds. The molecule has 2 aliphatic heterocycles. The van der Waals surface area contributed by atoms with Crippen molar-refractivity contribution in [1.29, 1.82) is 0 Å². The van der Waals surface area contributed by atoms with E-state index in [2.05, 4.69) is 20.6 Å². The molecule has 0 saturated carbocycles. The quantitative estimate of drug-likeness (QED) is 0.829. The summed E-state index contributed by atoms with van der Waals surface area (Å²) in [6, 6.07) is 7.21. The van der Waals surface area contributed by atoms with E-state index in [-0.39, 0.29) is 11.8 Å². The number of piperidine rings is 1. The number of benzene rings is 1. The standard InChI is InChI=1S/C21H26N4O3S/c1-15-23-17(14-29-15)13-25-11-8-22-20(27)21(25)6-9-24(10-7-21)19(26)16-4-3-5-18(12-16)28-2/h3-5,12,14H,6-11,13H2,1-2H3,(H,22,27). The molecule has 2 saturated heterocycles. The van der Waals surface area contributed by atoms with Gasteiger partial charge in [-0.05, 0) is 38.0 Å². The Bertz CT molecular complexity index is 905. The van der Waals surface area contributed by atoms with Gasteiger partial charge in [-0.3, -0.25) is 14.5 Å².